The highest BCUT2D eigenvalue weighted by Crippen LogP contribution is 2.12. The molecule has 0 spiro atoms. The van der Waals surface area contributed by atoms with Crippen molar-refractivity contribution in [3.63, 3.8) is 0 Å². The monoisotopic (exact) mass is 198 g/mol. The topological polar surface area (TPSA) is 81.1 Å². The first-order chi connectivity index (χ1) is 6.07. The normalized spacial score (nSPS) is 9.92. The summed E-state index contributed by atoms with van der Waals surface area (Å²) in [5.74, 6) is -0.499. The van der Waals surface area contributed by atoms with E-state index in [-0.39, 0.29) is 11.5 Å². The Balaban J connectivity index is 3.19. The highest BCUT2D eigenvalue weighted by Gasteiger charge is 2.16. The zero-order valence-electron chi connectivity index (χ0n) is 6.94. The Kier molecular flexibility index (Phi) is 2.62. The van der Waals surface area contributed by atoms with Crippen LogP contribution < -0.4 is 5.73 Å². The average Bonchev–Trinajstić information content (AvgIpc) is 2.33. The second-order valence-electron chi connectivity index (χ2n) is 2.45. The van der Waals surface area contributed by atoms with Gasteiger partial charge in [-0.3, -0.25) is 0 Å². The zero-order chi connectivity index (χ0) is 10.0. The van der Waals surface area contributed by atoms with Crippen molar-refractivity contribution in [2.24, 2.45) is 7.05 Å². The molecule has 0 bridgehead atoms. The minimum absolute atomic E-state index is 0.132. The maximum absolute atomic E-state index is 10.6. The van der Waals surface area contributed by atoms with E-state index >= 15 is 0 Å². The van der Waals surface area contributed by atoms with Crippen LogP contribution in [0.3, 0.4) is 0 Å². The highest BCUT2D eigenvalue weighted by atomic mass is 32.1. The molecular weight excluding hydrogens is 190 g/mol. The van der Waals surface area contributed by atoms with E-state index in [2.05, 4.69) is 22.6 Å². The number of anilines is 1. The lowest BCUT2D eigenvalue weighted by atomic mass is 10.4. The number of nitrogens with two attached hydrogens (primary N) is 1. The summed E-state index contributed by atoms with van der Waals surface area (Å²) in [5, 5.41) is 11.1. The van der Waals surface area contributed by atoms with Gasteiger partial charge >= 0.3 is 5.97 Å². The van der Waals surface area contributed by atoms with E-state index in [0.717, 1.165) is 0 Å². The standard InChI is InChI=1S/C7H8N3O2S/c1-10-4(2-3-13)9-5(6(10)8)7(11)12/h2,8H2,1H3,(H,11,12). The van der Waals surface area contributed by atoms with Crippen molar-refractivity contribution in [3.05, 3.63) is 11.5 Å². The quantitative estimate of drug-likeness (QED) is 0.674. The molecule has 0 amide bonds. The number of rotatable bonds is 3. The number of carboxylic acids is 1. The fraction of sp³-hybridized carbons (Fsp3) is 0.286. The van der Waals surface area contributed by atoms with Crippen LogP contribution in [0.1, 0.15) is 16.3 Å². The summed E-state index contributed by atoms with van der Waals surface area (Å²) in [7, 11) is 1.64. The minimum atomic E-state index is -1.14. The van der Waals surface area contributed by atoms with Crippen LogP contribution in [-0.4, -0.2) is 26.0 Å². The van der Waals surface area contributed by atoms with Gasteiger partial charge in [-0.05, 0) is 0 Å². The molecule has 1 aromatic rings. The smallest absolute Gasteiger partial charge is 0.358 e. The van der Waals surface area contributed by atoms with E-state index in [1.165, 1.54) is 4.57 Å². The fourth-order valence-electron chi connectivity index (χ4n) is 0.939. The van der Waals surface area contributed by atoms with Crippen LogP contribution in [0.2, 0.25) is 0 Å². The van der Waals surface area contributed by atoms with Crippen molar-refractivity contribution in [1.29, 1.82) is 0 Å². The maximum atomic E-state index is 10.6. The van der Waals surface area contributed by atoms with Crippen molar-refractivity contribution in [3.8, 4) is 0 Å². The summed E-state index contributed by atoms with van der Waals surface area (Å²) >= 11 is 4.52. The van der Waals surface area contributed by atoms with Gasteiger partial charge in [-0.15, -0.1) is 0 Å². The van der Waals surface area contributed by atoms with Gasteiger partial charge in [0, 0.05) is 18.8 Å². The summed E-state index contributed by atoms with van der Waals surface area (Å²) in [6.45, 7) is 0. The van der Waals surface area contributed by atoms with Crippen LogP contribution >= 0.6 is 12.2 Å². The van der Waals surface area contributed by atoms with Gasteiger partial charge in [0.25, 0.3) is 0 Å². The lowest BCUT2D eigenvalue weighted by molar-refractivity contribution is 0.0692. The van der Waals surface area contributed by atoms with Crippen LogP contribution in [0.25, 0.3) is 0 Å². The molecule has 0 fully saturated rings. The number of aromatic nitrogens is 2. The average molecular weight is 198 g/mol. The van der Waals surface area contributed by atoms with Crippen molar-refractivity contribution >= 4 is 29.4 Å². The third-order valence-corrected chi connectivity index (χ3v) is 1.81. The molecule has 0 atom stereocenters. The maximum Gasteiger partial charge on any atom is 0.358 e. The van der Waals surface area contributed by atoms with Crippen molar-refractivity contribution in [2.45, 2.75) is 6.42 Å². The van der Waals surface area contributed by atoms with E-state index < -0.39 is 5.97 Å². The fourth-order valence-corrected chi connectivity index (χ4v) is 1.07. The Morgan fingerprint density at radius 1 is 1.85 bits per heavy atom. The SMILES string of the molecule is Cn1c(C[C]=S)nc(C(=O)O)c1N. The van der Waals surface area contributed by atoms with Crippen molar-refractivity contribution in [1.82, 2.24) is 9.55 Å². The summed E-state index contributed by atoms with van der Waals surface area (Å²) < 4.78 is 1.49. The summed E-state index contributed by atoms with van der Waals surface area (Å²) in [6.07, 6.45) is 0.309. The number of imidazole rings is 1. The predicted octanol–water partition coefficient (Wildman–Crippen LogP) is 0.120. The molecule has 0 saturated heterocycles. The molecule has 1 rings (SSSR count). The zero-order valence-corrected chi connectivity index (χ0v) is 7.76. The van der Waals surface area contributed by atoms with Gasteiger partial charge in [0.2, 0.25) is 0 Å². The van der Waals surface area contributed by atoms with E-state index in [0.29, 0.717) is 12.2 Å². The van der Waals surface area contributed by atoms with Gasteiger partial charge in [0.15, 0.2) is 5.69 Å². The van der Waals surface area contributed by atoms with Gasteiger partial charge in [-0.2, -0.15) is 0 Å². The molecule has 0 aromatic carbocycles. The van der Waals surface area contributed by atoms with Crippen molar-refractivity contribution < 1.29 is 9.90 Å². The largest absolute Gasteiger partial charge is 0.476 e. The number of aromatic carboxylic acids is 1. The third-order valence-electron chi connectivity index (χ3n) is 1.66. The molecular formula is C7H8N3O2S. The summed E-state index contributed by atoms with van der Waals surface area (Å²) in [4.78, 5) is 14.4. The van der Waals surface area contributed by atoms with Gasteiger partial charge in [0.1, 0.15) is 11.6 Å². The molecule has 69 valence electrons. The molecule has 6 heteroatoms. The number of thiocarbonyl (C=S) groups is 1. The predicted molar refractivity (Wildman–Crippen MR) is 50.9 cm³/mol. The van der Waals surface area contributed by atoms with Gasteiger partial charge in [0.05, 0.1) is 0 Å². The van der Waals surface area contributed by atoms with Gasteiger partial charge in [-0.25, -0.2) is 9.78 Å². The second-order valence-corrected chi connectivity index (χ2v) is 2.74. The molecule has 0 unspecified atom stereocenters. The first-order valence-electron chi connectivity index (χ1n) is 3.47. The molecule has 0 aliphatic rings. The van der Waals surface area contributed by atoms with E-state index in [9.17, 15) is 4.79 Å². The lowest BCUT2D eigenvalue weighted by Crippen LogP contribution is -2.04. The lowest BCUT2D eigenvalue weighted by Gasteiger charge is -1.97. The number of nitrogen functional groups attached to an aromatic ring is 1. The van der Waals surface area contributed by atoms with E-state index in [1.54, 1.807) is 7.05 Å². The summed E-state index contributed by atoms with van der Waals surface area (Å²) in [5.41, 5.74) is 5.36. The number of carboxylic acid groups (broad SMARTS) is 1. The number of hydrogen-bond acceptors (Lipinski definition) is 4. The van der Waals surface area contributed by atoms with Crippen LogP contribution in [0.15, 0.2) is 0 Å². The Labute approximate surface area is 80.2 Å². The van der Waals surface area contributed by atoms with Crippen molar-refractivity contribution in [2.75, 3.05) is 5.73 Å². The van der Waals surface area contributed by atoms with Gasteiger partial charge in [-0.1, -0.05) is 12.2 Å². The molecule has 0 aliphatic carbocycles. The molecule has 0 saturated carbocycles. The summed E-state index contributed by atoms with van der Waals surface area (Å²) in [6, 6.07) is 0. The number of nitrogens with zero attached hydrogens (tertiary/aromatic N) is 2. The first-order valence-corrected chi connectivity index (χ1v) is 3.88. The number of hydrogen-bond donors (Lipinski definition) is 2. The van der Waals surface area contributed by atoms with E-state index in [1.807, 2.05) is 0 Å². The highest BCUT2D eigenvalue weighted by molar-refractivity contribution is 7.78. The van der Waals surface area contributed by atoms with Crippen LogP contribution in [0.5, 0.6) is 0 Å². The van der Waals surface area contributed by atoms with Crippen LogP contribution in [-0.2, 0) is 13.5 Å². The Hall–Kier alpha value is -1.43. The Morgan fingerprint density at radius 3 is 2.85 bits per heavy atom. The Morgan fingerprint density at radius 2 is 2.46 bits per heavy atom. The Bertz CT molecular complexity index is 359. The van der Waals surface area contributed by atoms with Gasteiger partial charge < -0.3 is 15.4 Å². The van der Waals surface area contributed by atoms with Crippen LogP contribution in [0.4, 0.5) is 5.82 Å². The molecule has 0 aliphatic heterocycles. The molecule has 1 heterocycles. The minimum Gasteiger partial charge on any atom is -0.476 e. The molecule has 5 nitrogen and oxygen atoms in total. The van der Waals surface area contributed by atoms with E-state index in [4.69, 9.17) is 10.8 Å². The third kappa shape index (κ3) is 1.67. The molecule has 13 heavy (non-hydrogen) atoms. The molecule has 3 N–H and O–H groups in total. The molecule has 1 aromatic heterocycles. The second kappa shape index (κ2) is 3.53. The number of carbonyl (C=O) groups is 1. The first kappa shape index (κ1) is 9.66. The van der Waals surface area contributed by atoms with Crippen LogP contribution in [0, 0.1) is 0 Å². The molecule has 1 radical (unpaired) electrons.